The zero-order valence-electron chi connectivity index (χ0n) is 15.8. The molecule has 0 aliphatic heterocycles. The standard InChI is InChI=1S/C23H22N2O2S/c1-16-10-12-18(13-11-16)17(2)24-23(27)21(15-20-9-6-14-28-20)25-22(26)19-7-4-3-5-8-19/h3-15,17H,1-2H3,(H,24,27)(H,25,26)/b21-15-/t17-/m1/s1. The molecule has 0 fully saturated rings. The van der Waals surface area contributed by atoms with Crippen molar-refractivity contribution in [3.8, 4) is 0 Å². The zero-order valence-corrected chi connectivity index (χ0v) is 16.6. The van der Waals surface area contributed by atoms with Gasteiger partial charge in [-0.15, -0.1) is 11.3 Å². The van der Waals surface area contributed by atoms with Crippen molar-refractivity contribution in [3.05, 3.63) is 99.4 Å². The molecule has 5 heteroatoms. The highest BCUT2D eigenvalue weighted by atomic mass is 32.1. The Morgan fingerprint density at radius 1 is 0.964 bits per heavy atom. The fraction of sp³-hybridized carbons (Fsp3) is 0.130. The van der Waals surface area contributed by atoms with Gasteiger partial charge in [-0.3, -0.25) is 9.59 Å². The van der Waals surface area contributed by atoms with Crippen LogP contribution in [0.25, 0.3) is 6.08 Å². The maximum atomic E-state index is 12.9. The third-order valence-corrected chi connectivity index (χ3v) is 5.10. The van der Waals surface area contributed by atoms with Crippen molar-refractivity contribution < 1.29 is 9.59 Å². The van der Waals surface area contributed by atoms with Crippen LogP contribution in [0.15, 0.2) is 77.8 Å². The molecule has 1 atom stereocenters. The molecular formula is C23H22N2O2S. The van der Waals surface area contributed by atoms with Crippen LogP contribution in [0.5, 0.6) is 0 Å². The van der Waals surface area contributed by atoms with E-state index in [0.29, 0.717) is 5.56 Å². The summed E-state index contributed by atoms with van der Waals surface area (Å²) in [5.41, 5.74) is 2.88. The lowest BCUT2D eigenvalue weighted by molar-refractivity contribution is -0.118. The number of nitrogens with one attached hydrogen (secondary N) is 2. The molecule has 0 saturated heterocycles. The fourth-order valence-corrected chi connectivity index (χ4v) is 3.33. The molecule has 0 saturated carbocycles. The Labute approximate surface area is 168 Å². The van der Waals surface area contributed by atoms with Gasteiger partial charge >= 0.3 is 0 Å². The second-order valence-electron chi connectivity index (χ2n) is 6.50. The third-order valence-electron chi connectivity index (χ3n) is 4.28. The van der Waals surface area contributed by atoms with Gasteiger partial charge in [0.15, 0.2) is 0 Å². The Kier molecular flexibility index (Phi) is 6.40. The van der Waals surface area contributed by atoms with Gasteiger partial charge in [0.05, 0.1) is 6.04 Å². The third kappa shape index (κ3) is 5.18. The van der Waals surface area contributed by atoms with Crippen molar-refractivity contribution >= 4 is 29.2 Å². The van der Waals surface area contributed by atoms with Gasteiger partial charge in [-0.05, 0) is 49.1 Å². The van der Waals surface area contributed by atoms with Gasteiger partial charge in [0.25, 0.3) is 11.8 Å². The normalized spacial score (nSPS) is 12.3. The first-order valence-corrected chi connectivity index (χ1v) is 9.90. The summed E-state index contributed by atoms with van der Waals surface area (Å²) in [6.07, 6.45) is 1.70. The van der Waals surface area contributed by atoms with Gasteiger partial charge in [0.2, 0.25) is 0 Å². The van der Waals surface area contributed by atoms with Gasteiger partial charge in [-0.2, -0.15) is 0 Å². The summed E-state index contributed by atoms with van der Waals surface area (Å²) >= 11 is 1.50. The summed E-state index contributed by atoms with van der Waals surface area (Å²) in [7, 11) is 0. The van der Waals surface area contributed by atoms with Crippen LogP contribution in [0.3, 0.4) is 0 Å². The molecule has 0 radical (unpaired) electrons. The highest BCUT2D eigenvalue weighted by Gasteiger charge is 2.17. The van der Waals surface area contributed by atoms with E-state index < -0.39 is 0 Å². The Hall–Kier alpha value is -3.18. The van der Waals surface area contributed by atoms with Crippen LogP contribution in [-0.4, -0.2) is 11.8 Å². The summed E-state index contributed by atoms with van der Waals surface area (Å²) < 4.78 is 0. The minimum Gasteiger partial charge on any atom is -0.344 e. The largest absolute Gasteiger partial charge is 0.344 e. The maximum absolute atomic E-state index is 12.9. The zero-order chi connectivity index (χ0) is 19.9. The average Bonchev–Trinajstić information content (AvgIpc) is 3.21. The lowest BCUT2D eigenvalue weighted by Gasteiger charge is -2.17. The van der Waals surface area contributed by atoms with E-state index in [1.54, 1.807) is 30.3 Å². The molecule has 0 aliphatic carbocycles. The minimum atomic E-state index is -0.328. The van der Waals surface area contributed by atoms with E-state index in [4.69, 9.17) is 0 Å². The molecule has 1 heterocycles. The van der Waals surface area contributed by atoms with Gasteiger partial charge in [0.1, 0.15) is 5.70 Å². The topological polar surface area (TPSA) is 58.2 Å². The molecule has 2 aromatic carbocycles. The lowest BCUT2D eigenvalue weighted by atomic mass is 10.1. The van der Waals surface area contributed by atoms with Gasteiger partial charge < -0.3 is 10.6 Å². The molecule has 3 rings (SSSR count). The summed E-state index contributed by atoms with van der Waals surface area (Å²) in [5.74, 6) is -0.646. The molecule has 4 nitrogen and oxygen atoms in total. The summed E-state index contributed by atoms with van der Waals surface area (Å²) in [4.78, 5) is 26.3. The van der Waals surface area contributed by atoms with Crippen molar-refractivity contribution in [1.82, 2.24) is 10.6 Å². The van der Waals surface area contributed by atoms with Crippen molar-refractivity contribution in [1.29, 1.82) is 0 Å². The van der Waals surface area contributed by atoms with Crippen LogP contribution in [-0.2, 0) is 4.79 Å². The Balaban J connectivity index is 1.79. The highest BCUT2D eigenvalue weighted by Crippen LogP contribution is 2.16. The van der Waals surface area contributed by atoms with Crippen LogP contribution < -0.4 is 10.6 Å². The highest BCUT2D eigenvalue weighted by molar-refractivity contribution is 7.10. The molecule has 1 aromatic heterocycles. The molecule has 142 valence electrons. The number of hydrogen-bond acceptors (Lipinski definition) is 3. The van der Waals surface area contributed by atoms with Crippen LogP contribution in [0.4, 0.5) is 0 Å². The van der Waals surface area contributed by atoms with E-state index in [-0.39, 0.29) is 23.6 Å². The molecular weight excluding hydrogens is 368 g/mol. The van der Waals surface area contributed by atoms with Crippen LogP contribution in [0.2, 0.25) is 0 Å². The fourth-order valence-electron chi connectivity index (χ4n) is 2.67. The summed E-state index contributed by atoms with van der Waals surface area (Å²) in [5, 5.41) is 7.65. The molecule has 0 bridgehead atoms. The van der Waals surface area contributed by atoms with Gasteiger partial charge in [-0.25, -0.2) is 0 Å². The molecule has 0 spiro atoms. The number of carbonyl (C=O) groups excluding carboxylic acids is 2. The van der Waals surface area contributed by atoms with Crippen molar-refractivity contribution in [2.45, 2.75) is 19.9 Å². The Bertz CT molecular complexity index is 962. The number of amides is 2. The SMILES string of the molecule is Cc1ccc([C@@H](C)NC(=O)/C(=C/c2cccs2)NC(=O)c2ccccc2)cc1. The van der Waals surface area contributed by atoms with Crippen molar-refractivity contribution in [3.63, 3.8) is 0 Å². The first-order valence-electron chi connectivity index (χ1n) is 9.02. The van der Waals surface area contributed by atoms with E-state index in [1.807, 2.05) is 61.7 Å². The minimum absolute atomic E-state index is 0.187. The summed E-state index contributed by atoms with van der Waals surface area (Å²) in [6.45, 7) is 3.94. The van der Waals surface area contributed by atoms with E-state index in [1.165, 1.54) is 11.3 Å². The van der Waals surface area contributed by atoms with Crippen molar-refractivity contribution in [2.75, 3.05) is 0 Å². The average molecular weight is 391 g/mol. The Morgan fingerprint density at radius 3 is 2.32 bits per heavy atom. The number of hydrogen-bond donors (Lipinski definition) is 2. The molecule has 0 aliphatic rings. The predicted octanol–water partition coefficient (Wildman–Crippen LogP) is 4.70. The molecule has 0 unspecified atom stereocenters. The van der Waals surface area contributed by atoms with Gasteiger partial charge in [-0.1, -0.05) is 54.1 Å². The molecule has 3 aromatic rings. The second-order valence-corrected chi connectivity index (χ2v) is 7.48. The van der Waals surface area contributed by atoms with Crippen LogP contribution in [0.1, 0.15) is 39.3 Å². The predicted molar refractivity (Wildman–Crippen MR) is 114 cm³/mol. The van der Waals surface area contributed by atoms with E-state index >= 15 is 0 Å². The van der Waals surface area contributed by atoms with Gasteiger partial charge in [0, 0.05) is 10.4 Å². The van der Waals surface area contributed by atoms with E-state index in [2.05, 4.69) is 10.6 Å². The second kappa shape index (κ2) is 9.15. The maximum Gasteiger partial charge on any atom is 0.268 e. The Morgan fingerprint density at radius 2 is 1.68 bits per heavy atom. The number of aryl methyl sites for hydroxylation is 1. The van der Waals surface area contributed by atoms with E-state index in [0.717, 1.165) is 16.0 Å². The monoisotopic (exact) mass is 390 g/mol. The first kappa shape index (κ1) is 19.6. The smallest absolute Gasteiger partial charge is 0.268 e. The quantitative estimate of drug-likeness (QED) is 0.599. The van der Waals surface area contributed by atoms with E-state index in [9.17, 15) is 9.59 Å². The number of thiophene rings is 1. The number of benzene rings is 2. The number of rotatable bonds is 6. The lowest BCUT2D eigenvalue weighted by Crippen LogP contribution is -2.36. The van der Waals surface area contributed by atoms with Crippen LogP contribution >= 0.6 is 11.3 Å². The number of carbonyl (C=O) groups is 2. The molecule has 28 heavy (non-hydrogen) atoms. The molecule has 2 amide bonds. The van der Waals surface area contributed by atoms with Crippen molar-refractivity contribution in [2.24, 2.45) is 0 Å². The molecule has 2 N–H and O–H groups in total. The first-order chi connectivity index (χ1) is 13.5. The van der Waals surface area contributed by atoms with Crippen LogP contribution in [0, 0.1) is 6.92 Å². The summed E-state index contributed by atoms with van der Waals surface area (Å²) in [6, 6.07) is 20.5.